The molecular formula is C59H72Cl4N8O10S. The van der Waals surface area contributed by atoms with Crippen molar-refractivity contribution in [3.8, 4) is 0 Å². The lowest BCUT2D eigenvalue weighted by molar-refractivity contribution is -0.150. The molecule has 1 N–H and O–H groups in total. The predicted molar refractivity (Wildman–Crippen MR) is 317 cm³/mol. The van der Waals surface area contributed by atoms with E-state index in [1.54, 1.807) is 49.1 Å². The summed E-state index contributed by atoms with van der Waals surface area (Å²) in [5.74, 6) is 0.437. The topological polar surface area (TPSA) is 191 Å². The van der Waals surface area contributed by atoms with Gasteiger partial charge < -0.3 is 48.4 Å². The molecule has 0 radical (unpaired) electrons. The number of ether oxygens (including phenoxy) is 5. The van der Waals surface area contributed by atoms with Crippen LogP contribution in [0.5, 0.6) is 0 Å². The molecule has 0 aliphatic carbocycles. The summed E-state index contributed by atoms with van der Waals surface area (Å²) in [6.07, 6.45) is 12.2. The van der Waals surface area contributed by atoms with Gasteiger partial charge in [-0.25, -0.2) is 0 Å². The van der Waals surface area contributed by atoms with Crippen molar-refractivity contribution in [2.24, 2.45) is 23.7 Å². The zero-order valence-corrected chi connectivity index (χ0v) is 50.4. The van der Waals surface area contributed by atoms with E-state index in [1.165, 1.54) is 24.2 Å². The molecule has 13 rings (SSSR count). The summed E-state index contributed by atoms with van der Waals surface area (Å²) in [6.45, 7) is 15.3. The van der Waals surface area contributed by atoms with Gasteiger partial charge in [0.15, 0.2) is 0 Å². The number of halogens is 4. The largest absolute Gasteiger partial charge is 0.466 e. The fraction of sp³-hybridized carbons (Fsp3) is 0.542. The Morgan fingerprint density at radius 2 is 0.976 bits per heavy atom. The molecular weight excluding hydrogens is 1150 g/mol. The lowest BCUT2D eigenvalue weighted by Crippen LogP contribution is -2.55. The van der Waals surface area contributed by atoms with Crippen LogP contribution in [0.15, 0.2) is 78.2 Å². The second kappa shape index (κ2) is 27.6. The van der Waals surface area contributed by atoms with Crippen LogP contribution in [-0.2, 0) is 68.5 Å². The van der Waals surface area contributed by atoms with Crippen molar-refractivity contribution in [3.05, 3.63) is 122 Å². The Morgan fingerprint density at radius 3 is 1.41 bits per heavy atom. The first-order chi connectivity index (χ1) is 39.7. The molecule has 18 nitrogen and oxygen atoms in total. The van der Waals surface area contributed by atoms with Crippen LogP contribution in [0.25, 0.3) is 0 Å². The Balaban J connectivity index is 0.000000125. The molecule has 4 aromatic heterocycles. The van der Waals surface area contributed by atoms with Gasteiger partial charge in [0.05, 0.1) is 167 Å². The van der Waals surface area contributed by atoms with Crippen molar-refractivity contribution < 1.29 is 46.2 Å². The third kappa shape index (κ3) is 13.9. The van der Waals surface area contributed by atoms with Crippen LogP contribution in [-0.4, -0.2) is 162 Å². The number of aliphatic hydroxyl groups is 1. The Morgan fingerprint density at radius 1 is 0.585 bits per heavy atom. The Hall–Kier alpha value is -4.64. The minimum absolute atomic E-state index is 0.00978. The van der Waals surface area contributed by atoms with Crippen molar-refractivity contribution in [2.45, 2.75) is 88.4 Å². The maximum absolute atomic E-state index is 12.5. The second-order valence-corrected chi connectivity index (χ2v) is 25.2. The lowest BCUT2D eigenvalue weighted by Gasteiger charge is -2.45. The van der Waals surface area contributed by atoms with Crippen molar-refractivity contribution in [3.63, 3.8) is 0 Å². The van der Waals surface area contributed by atoms with Crippen molar-refractivity contribution in [1.29, 1.82) is 0 Å². The third-order valence-electron chi connectivity index (χ3n) is 16.7. The number of carbonyl (C=O) groups is 1. The summed E-state index contributed by atoms with van der Waals surface area (Å²) in [7, 11) is -3.80. The van der Waals surface area contributed by atoms with Crippen LogP contribution >= 0.6 is 46.4 Å². The number of morpholine rings is 4. The molecule has 82 heavy (non-hydrogen) atoms. The number of esters is 1. The van der Waals surface area contributed by atoms with Gasteiger partial charge in [-0.3, -0.25) is 28.9 Å². The zero-order chi connectivity index (χ0) is 57.5. The van der Waals surface area contributed by atoms with Gasteiger partial charge in [-0.2, -0.15) is 8.42 Å². The van der Waals surface area contributed by atoms with E-state index in [0.717, 1.165) is 104 Å². The van der Waals surface area contributed by atoms with Crippen molar-refractivity contribution in [2.75, 3.05) is 118 Å². The summed E-state index contributed by atoms with van der Waals surface area (Å²) >= 11 is 24.3. The van der Waals surface area contributed by atoms with Gasteiger partial charge in [0.1, 0.15) is 0 Å². The van der Waals surface area contributed by atoms with Crippen LogP contribution in [0.3, 0.4) is 0 Å². The number of anilines is 4. The van der Waals surface area contributed by atoms with Crippen LogP contribution < -0.4 is 19.6 Å². The minimum Gasteiger partial charge on any atom is -0.466 e. The van der Waals surface area contributed by atoms with Gasteiger partial charge >= 0.3 is 5.97 Å². The van der Waals surface area contributed by atoms with E-state index in [-0.39, 0.29) is 60.0 Å². The Labute approximate surface area is 500 Å². The molecule has 5 aromatic rings. The minimum atomic E-state index is -3.80. The average Bonchev–Trinajstić information content (AvgIpc) is 2.81. The molecule has 4 fully saturated rings. The molecule has 23 heteroatoms. The SMILES string of the molecule is CCCC1Cc2ncc(Cl)cc2N2CCOCC12.CCOC(=O)C1Cc2ncc(Cl)cc2N2CCOCC12.Cc1ccc(S(=O)(=O)OCC2Cc3ncc(Cl)cc3N3CCOCC23)cc1.OCC1Cc2ncc(Cl)cc2N2CCOCC12. The highest BCUT2D eigenvalue weighted by molar-refractivity contribution is 7.86. The number of carbonyl (C=O) groups excluding carboxylic acids is 1. The number of hydrogen-bond acceptors (Lipinski definition) is 18. The zero-order valence-electron chi connectivity index (χ0n) is 46.5. The number of rotatable bonds is 9. The van der Waals surface area contributed by atoms with E-state index in [9.17, 15) is 18.3 Å². The first kappa shape index (κ1) is 60.5. The molecule has 8 unspecified atom stereocenters. The summed E-state index contributed by atoms with van der Waals surface area (Å²) < 4.78 is 58.0. The smallest absolute Gasteiger partial charge is 0.311 e. The van der Waals surface area contributed by atoms with Gasteiger partial charge in [0, 0.05) is 75.8 Å². The normalized spacial score (nSPS) is 24.9. The maximum Gasteiger partial charge on any atom is 0.311 e. The molecule has 0 amide bonds. The van der Waals surface area contributed by atoms with Crippen LogP contribution in [0.1, 0.15) is 55.0 Å². The summed E-state index contributed by atoms with van der Waals surface area (Å²) in [5.41, 5.74) is 9.42. The van der Waals surface area contributed by atoms with Crippen molar-refractivity contribution in [1.82, 2.24) is 19.9 Å². The Bertz CT molecular complexity index is 3120. The standard InChI is InChI=1S/C19H21ClN2O4S.C14H17ClN2O3.C14H19ClN2O.C12H15ClN2O2/c1-13-2-4-16(5-3-13)27(23,24)26-11-14-8-17-18(9-15(20)10-21-17)22-6-7-25-12-19(14)22;1-2-20-14(18)10-6-11-12(5-9(15)7-16-11)17-3-4-19-8-13(10)17;1-2-3-10-6-12-13(7-11(15)8-16-12)17-4-5-18-9-14(10)17;13-9-4-11-10(14-5-9)3-8(6-16)12-7-17-2-1-15(11)12/h2-5,9-10,14,19H,6-8,11-12H2,1H3;5,7,10,13H,2-4,6,8H2,1H3;7-8,10,14H,2-6,9H2,1H3;4-5,8,12,16H,1-3,6-7H2. The summed E-state index contributed by atoms with van der Waals surface area (Å²) in [5, 5.41) is 12.1. The van der Waals surface area contributed by atoms with E-state index in [0.29, 0.717) is 79.5 Å². The number of pyridine rings is 4. The van der Waals surface area contributed by atoms with Gasteiger partial charge in [-0.15, -0.1) is 0 Å². The third-order valence-corrected chi connectivity index (χ3v) is 18.8. The molecule has 12 heterocycles. The molecule has 4 saturated heterocycles. The van der Waals surface area contributed by atoms with Gasteiger partial charge in [-0.05, 0) is 81.8 Å². The Kier molecular flexibility index (Phi) is 20.4. The number of nitrogens with zero attached hydrogens (tertiary/aromatic N) is 8. The number of benzene rings is 1. The summed E-state index contributed by atoms with van der Waals surface area (Å²) in [4.78, 5) is 39.2. The first-order valence-corrected chi connectivity index (χ1v) is 31.3. The maximum atomic E-state index is 12.5. The highest BCUT2D eigenvalue weighted by Crippen LogP contribution is 2.41. The molecule has 0 saturated carbocycles. The second-order valence-electron chi connectivity index (χ2n) is 21.8. The number of aliphatic hydroxyl groups excluding tert-OH is 1. The van der Waals surface area contributed by atoms with E-state index >= 15 is 0 Å². The molecule has 442 valence electrons. The van der Waals surface area contributed by atoms with Gasteiger partial charge in [-0.1, -0.05) is 77.4 Å². The van der Waals surface area contributed by atoms with E-state index in [4.69, 9.17) is 74.3 Å². The molecule has 0 bridgehead atoms. The number of aryl methyl sites for hydroxylation is 1. The van der Waals surface area contributed by atoms with E-state index in [2.05, 4.69) is 52.5 Å². The fourth-order valence-corrected chi connectivity index (χ4v) is 14.2. The van der Waals surface area contributed by atoms with Crippen LogP contribution in [0, 0.1) is 30.6 Å². The number of hydrogen-bond donors (Lipinski definition) is 1. The molecule has 1 aromatic carbocycles. The van der Waals surface area contributed by atoms with Crippen LogP contribution in [0.4, 0.5) is 22.7 Å². The molecule has 8 aliphatic rings. The van der Waals surface area contributed by atoms with Crippen LogP contribution in [0.2, 0.25) is 20.1 Å². The van der Waals surface area contributed by atoms with Crippen molar-refractivity contribution >= 4 is 85.2 Å². The monoisotopic (exact) mass is 1220 g/mol. The number of aromatic nitrogens is 4. The molecule has 8 aliphatic heterocycles. The fourth-order valence-electron chi connectivity index (χ4n) is 12.6. The molecule has 8 atom stereocenters. The predicted octanol–water partition coefficient (Wildman–Crippen LogP) is 8.52. The van der Waals surface area contributed by atoms with Gasteiger partial charge in [0.25, 0.3) is 10.1 Å². The quantitative estimate of drug-likeness (QED) is 0.109. The first-order valence-electron chi connectivity index (χ1n) is 28.4. The number of fused-ring (bicyclic) bond motifs is 12. The van der Waals surface area contributed by atoms with E-state index < -0.39 is 10.1 Å². The highest BCUT2D eigenvalue weighted by Gasteiger charge is 2.43. The van der Waals surface area contributed by atoms with Gasteiger partial charge in [0.2, 0.25) is 0 Å². The lowest BCUT2D eigenvalue weighted by atomic mass is 9.84. The molecule has 0 spiro atoms. The van der Waals surface area contributed by atoms with E-state index in [1.807, 2.05) is 32.0 Å². The summed E-state index contributed by atoms with van der Waals surface area (Å²) in [6, 6.07) is 15.3. The highest BCUT2D eigenvalue weighted by atomic mass is 35.5. The average molecular weight is 1230 g/mol.